The van der Waals surface area contributed by atoms with E-state index in [-0.39, 0.29) is 6.79 Å². The zero-order chi connectivity index (χ0) is 11.1. The van der Waals surface area contributed by atoms with Crippen LogP contribution < -0.4 is 4.74 Å². The lowest BCUT2D eigenvalue weighted by Gasteiger charge is -2.10. The molecule has 1 rings (SSSR count). The van der Waals surface area contributed by atoms with Crippen LogP contribution in [0.2, 0.25) is 0 Å². The summed E-state index contributed by atoms with van der Waals surface area (Å²) in [7, 11) is 1.65. The Morgan fingerprint density at radius 3 is 2.67 bits per heavy atom. The van der Waals surface area contributed by atoms with E-state index in [1.807, 2.05) is 19.1 Å². The van der Waals surface area contributed by atoms with Crippen LogP contribution in [0.15, 0.2) is 18.2 Å². The van der Waals surface area contributed by atoms with Crippen molar-refractivity contribution in [1.29, 1.82) is 0 Å². The van der Waals surface area contributed by atoms with Crippen molar-refractivity contribution in [3.8, 4) is 5.75 Å². The topological polar surface area (TPSA) is 27.7 Å². The van der Waals surface area contributed by atoms with Crippen molar-refractivity contribution >= 4 is 0 Å². The van der Waals surface area contributed by atoms with Crippen LogP contribution in [-0.2, 0) is 9.47 Å². The molecule has 3 nitrogen and oxygen atoms in total. The van der Waals surface area contributed by atoms with Crippen LogP contribution >= 0.6 is 0 Å². The van der Waals surface area contributed by atoms with Crippen LogP contribution in [-0.4, -0.2) is 27.1 Å². The van der Waals surface area contributed by atoms with E-state index in [0.717, 1.165) is 11.3 Å². The molecule has 0 saturated carbocycles. The molecule has 84 valence electrons. The molecule has 0 aliphatic rings. The highest BCUT2D eigenvalue weighted by Gasteiger charge is 2.00. The molecule has 1 aromatic rings. The number of ether oxygens (including phenoxy) is 3. The number of hydrogen-bond donors (Lipinski definition) is 0. The highest BCUT2D eigenvalue weighted by Crippen LogP contribution is 2.20. The van der Waals surface area contributed by atoms with E-state index in [9.17, 15) is 0 Å². The molecular weight excluding hydrogens is 192 g/mol. The van der Waals surface area contributed by atoms with Crippen molar-refractivity contribution in [1.82, 2.24) is 0 Å². The van der Waals surface area contributed by atoms with Gasteiger partial charge in [-0.25, -0.2) is 0 Å². The van der Waals surface area contributed by atoms with Gasteiger partial charge in [-0.1, -0.05) is 12.1 Å². The Labute approximate surface area is 91.0 Å². The summed E-state index contributed by atoms with van der Waals surface area (Å²) in [6.07, 6.45) is 0. The number of benzene rings is 1. The SMILES string of the molecule is COCCOCOc1cccc(C)c1C. The second-order valence-electron chi connectivity index (χ2n) is 3.36. The second-order valence-corrected chi connectivity index (χ2v) is 3.36. The molecule has 0 atom stereocenters. The van der Waals surface area contributed by atoms with Crippen LogP contribution in [0.25, 0.3) is 0 Å². The maximum atomic E-state index is 5.49. The van der Waals surface area contributed by atoms with Crippen molar-refractivity contribution in [2.24, 2.45) is 0 Å². The first kappa shape index (κ1) is 12.0. The lowest BCUT2D eigenvalue weighted by atomic mass is 10.1. The van der Waals surface area contributed by atoms with Crippen molar-refractivity contribution in [3.63, 3.8) is 0 Å². The summed E-state index contributed by atoms with van der Waals surface area (Å²) in [5.41, 5.74) is 2.39. The molecule has 0 fully saturated rings. The molecule has 0 unspecified atom stereocenters. The zero-order valence-electron chi connectivity index (χ0n) is 9.58. The summed E-state index contributed by atoms with van der Waals surface area (Å²) in [6.45, 7) is 5.53. The van der Waals surface area contributed by atoms with Gasteiger partial charge in [0, 0.05) is 7.11 Å². The third-order valence-corrected chi connectivity index (χ3v) is 2.28. The van der Waals surface area contributed by atoms with E-state index < -0.39 is 0 Å². The smallest absolute Gasteiger partial charge is 0.189 e. The monoisotopic (exact) mass is 210 g/mol. The van der Waals surface area contributed by atoms with E-state index in [0.29, 0.717) is 13.2 Å². The predicted octanol–water partition coefficient (Wildman–Crippen LogP) is 2.30. The van der Waals surface area contributed by atoms with E-state index in [1.54, 1.807) is 7.11 Å². The number of rotatable bonds is 6. The standard InChI is InChI=1S/C12H18O3/c1-10-5-4-6-12(11(10)2)15-9-14-8-7-13-3/h4-6H,7-9H2,1-3H3. The van der Waals surface area contributed by atoms with Gasteiger partial charge in [0.2, 0.25) is 0 Å². The molecule has 0 aromatic heterocycles. The Hall–Kier alpha value is -1.06. The lowest BCUT2D eigenvalue weighted by Crippen LogP contribution is -2.08. The Morgan fingerprint density at radius 1 is 1.13 bits per heavy atom. The van der Waals surface area contributed by atoms with Gasteiger partial charge >= 0.3 is 0 Å². The molecule has 15 heavy (non-hydrogen) atoms. The van der Waals surface area contributed by atoms with Crippen LogP contribution in [0, 0.1) is 13.8 Å². The molecule has 0 heterocycles. The van der Waals surface area contributed by atoms with E-state index in [2.05, 4.69) is 13.0 Å². The highest BCUT2D eigenvalue weighted by molar-refractivity contribution is 5.38. The van der Waals surface area contributed by atoms with Gasteiger partial charge in [-0.2, -0.15) is 0 Å². The summed E-state index contributed by atoms with van der Waals surface area (Å²) in [5, 5.41) is 0. The van der Waals surface area contributed by atoms with Gasteiger partial charge in [0.25, 0.3) is 0 Å². The third kappa shape index (κ3) is 3.90. The first-order chi connectivity index (χ1) is 7.25. The molecule has 0 saturated heterocycles. The first-order valence-electron chi connectivity index (χ1n) is 5.01. The third-order valence-electron chi connectivity index (χ3n) is 2.28. The van der Waals surface area contributed by atoms with Gasteiger partial charge < -0.3 is 14.2 Å². The highest BCUT2D eigenvalue weighted by atomic mass is 16.7. The minimum Gasteiger partial charge on any atom is -0.467 e. The molecule has 0 aliphatic heterocycles. The number of aryl methyl sites for hydroxylation is 1. The van der Waals surface area contributed by atoms with Crippen LogP contribution in [0.5, 0.6) is 5.75 Å². The van der Waals surface area contributed by atoms with Gasteiger partial charge in [-0.15, -0.1) is 0 Å². The van der Waals surface area contributed by atoms with Crippen molar-refractivity contribution in [2.45, 2.75) is 13.8 Å². The summed E-state index contributed by atoms with van der Waals surface area (Å²) in [5.74, 6) is 0.882. The van der Waals surface area contributed by atoms with Crippen molar-refractivity contribution in [3.05, 3.63) is 29.3 Å². The van der Waals surface area contributed by atoms with E-state index in [4.69, 9.17) is 14.2 Å². The first-order valence-corrected chi connectivity index (χ1v) is 5.01. The number of methoxy groups -OCH3 is 1. The Balaban J connectivity index is 2.34. The molecule has 0 spiro atoms. The fraction of sp³-hybridized carbons (Fsp3) is 0.500. The Kier molecular flexibility index (Phi) is 5.15. The average molecular weight is 210 g/mol. The van der Waals surface area contributed by atoms with Crippen LogP contribution in [0.3, 0.4) is 0 Å². The minimum atomic E-state index is 0.271. The fourth-order valence-electron chi connectivity index (χ4n) is 1.19. The molecule has 0 N–H and O–H groups in total. The molecule has 0 amide bonds. The number of hydrogen-bond acceptors (Lipinski definition) is 3. The maximum Gasteiger partial charge on any atom is 0.189 e. The second kappa shape index (κ2) is 6.43. The zero-order valence-corrected chi connectivity index (χ0v) is 9.58. The Morgan fingerprint density at radius 2 is 1.93 bits per heavy atom. The fourth-order valence-corrected chi connectivity index (χ4v) is 1.19. The molecule has 0 aliphatic carbocycles. The largest absolute Gasteiger partial charge is 0.467 e. The van der Waals surface area contributed by atoms with Gasteiger partial charge in [0.1, 0.15) is 5.75 Å². The molecule has 1 aromatic carbocycles. The minimum absolute atomic E-state index is 0.271. The summed E-state index contributed by atoms with van der Waals surface area (Å²) in [4.78, 5) is 0. The molecule has 0 bridgehead atoms. The maximum absolute atomic E-state index is 5.49. The van der Waals surface area contributed by atoms with Gasteiger partial charge in [0.05, 0.1) is 13.2 Å². The molecule has 3 heteroatoms. The van der Waals surface area contributed by atoms with E-state index in [1.165, 1.54) is 5.56 Å². The summed E-state index contributed by atoms with van der Waals surface area (Å²) in [6, 6.07) is 5.99. The lowest BCUT2D eigenvalue weighted by molar-refractivity contribution is -0.00877. The van der Waals surface area contributed by atoms with Crippen LogP contribution in [0.1, 0.15) is 11.1 Å². The van der Waals surface area contributed by atoms with Crippen LogP contribution in [0.4, 0.5) is 0 Å². The van der Waals surface area contributed by atoms with Gasteiger partial charge in [0.15, 0.2) is 6.79 Å². The summed E-state index contributed by atoms with van der Waals surface area (Å²) < 4.78 is 15.6. The predicted molar refractivity (Wildman–Crippen MR) is 59.2 cm³/mol. The van der Waals surface area contributed by atoms with Crippen molar-refractivity contribution < 1.29 is 14.2 Å². The normalized spacial score (nSPS) is 10.3. The molecule has 0 radical (unpaired) electrons. The Bertz CT molecular complexity index is 297. The average Bonchev–Trinajstić information content (AvgIpc) is 2.24. The van der Waals surface area contributed by atoms with Gasteiger partial charge in [-0.3, -0.25) is 0 Å². The van der Waals surface area contributed by atoms with E-state index >= 15 is 0 Å². The van der Waals surface area contributed by atoms with Crippen molar-refractivity contribution in [2.75, 3.05) is 27.1 Å². The van der Waals surface area contributed by atoms with Gasteiger partial charge in [-0.05, 0) is 31.0 Å². The molecular formula is C12H18O3. The quantitative estimate of drug-likeness (QED) is 0.532. The summed E-state index contributed by atoms with van der Waals surface area (Å²) >= 11 is 0.